The number of aliphatic hydroxyl groups is 2. The number of hydrogen-bond acceptors (Lipinski definition) is 8. The molecule has 0 aromatic rings. The van der Waals surface area contributed by atoms with Gasteiger partial charge in [-0.3, -0.25) is 4.79 Å². The van der Waals surface area contributed by atoms with Gasteiger partial charge in [-0.05, 0) is 18.3 Å². The van der Waals surface area contributed by atoms with Crippen molar-refractivity contribution in [1.82, 2.24) is 5.32 Å². The zero-order chi connectivity index (χ0) is 19.4. The van der Waals surface area contributed by atoms with Gasteiger partial charge in [0.25, 0.3) is 0 Å². The van der Waals surface area contributed by atoms with E-state index in [-0.39, 0.29) is 24.3 Å². The van der Waals surface area contributed by atoms with Gasteiger partial charge in [-0.15, -0.1) is 0 Å². The molecule has 1 saturated carbocycles. The van der Waals surface area contributed by atoms with Crippen molar-refractivity contribution < 1.29 is 34.0 Å². The fourth-order valence-electron chi connectivity index (χ4n) is 2.94. The highest BCUT2D eigenvalue weighted by molar-refractivity contribution is 5.77. The standard InChI is InChI=1S/C17H34N2O7/c1-12-13(9-14(23-2)17(22)16(12)21)10-26-11-15(20)19-4-6-25-8-7-24-5-3-18/h12-14,16-17,21-22H,3-11,18H2,1-2H3,(H,19,20)/t12-,13?,14-,16+,17?/m1/s1. The van der Waals surface area contributed by atoms with E-state index in [0.29, 0.717) is 52.5 Å². The van der Waals surface area contributed by atoms with Crippen LogP contribution in [-0.4, -0.2) is 94.3 Å². The largest absolute Gasteiger partial charge is 0.390 e. The van der Waals surface area contributed by atoms with E-state index in [2.05, 4.69) is 5.32 Å². The number of ether oxygens (including phenoxy) is 4. The lowest BCUT2D eigenvalue weighted by molar-refractivity contribution is -0.148. The van der Waals surface area contributed by atoms with Gasteiger partial charge in [-0.1, -0.05) is 6.92 Å². The van der Waals surface area contributed by atoms with E-state index in [4.69, 9.17) is 24.7 Å². The highest BCUT2D eigenvalue weighted by Crippen LogP contribution is 2.32. The molecule has 1 aliphatic rings. The first-order valence-electron chi connectivity index (χ1n) is 9.10. The molecule has 0 bridgehead atoms. The Morgan fingerprint density at radius 3 is 2.46 bits per heavy atom. The molecule has 0 saturated heterocycles. The molecule has 154 valence electrons. The zero-order valence-electron chi connectivity index (χ0n) is 15.8. The molecule has 1 fully saturated rings. The third-order valence-corrected chi connectivity index (χ3v) is 4.62. The summed E-state index contributed by atoms with van der Waals surface area (Å²) in [6.07, 6.45) is -1.59. The Kier molecular flexibility index (Phi) is 11.9. The Labute approximate surface area is 155 Å². The summed E-state index contributed by atoms with van der Waals surface area (Å²) in [7, 11) is 1.51. The summed E-state index contributed by atoms with van der Waals surface area (Å²) >= 11 is 0. The second kappa shape index (κ2) is 13.4. The number of aliphatic hydroxyl groups excluding tert-OH is 2. The molecule has 2 unspecified atom stereocenters. The minimum atomic E-state index is -0.893. The van der Waals surface area contributed by atoms with Crippen molar-refractivity contribution in [1.29, 1.82) is 0 Å². The SMILES string of the molecule is CO[C@@H]1CC(COCC(=O)NCCOCCOCCN)[C@@H](C)[C@H](O)C1O. The van der Waals surface area contributed by atoms with E-state index >= 15 is 0 Å². The minimum Gasteiger partial charge on any atom is -0.390 e. The van der Waals surface area contributed by atoms with Gasteiger partial charge < -0.3 is 40.2 Å². The highest BCUT2D eigenvalue weighted by Gasteiger charge is 2.41. The van der Waals surface area contributed by atoms with E-state index in [1.807, 2.05) is 6.92 Å². The van der Waals surface area contributed by atoms with Crippen molar-refractivity contribution in [2.75, 3.05) is 59.8 Å². The van der Waals surface area contributed by atoms with Gasteiger partial charge in [0.15, 0.2) is 0 Å². The molecule has 1 rings (SSSR count). The van der Waals surface area contributed by atoms with E-state index < -0.39 is 18.3 Å². The van der Waals surface area contributed by atoms with Crippen molar-refractivity contribution in [3.05, 3.63) is 0 Å². The maximum atomic E-state index is 11.7. The summed E-state index contributed by atoms with van der Waals surface area (Å²) in [6, 6.07) is 0. The molecule has 5 N–H and O–H groups in total. The fourth-order valence-corrected chi connectivity index (χ4v) is 2.94. The van der Waals surface area contributed by atoms with Crippen LogP contribution in [0, 0.1) is 11.8 Å². The number of nitrogens with one attached hydrogen (secondary N) is 1. The molecule has 0 spiro atoms. The van der Waals surface area contributed by atoms with Crippen LogP contribution in [0.1, 0.15) is 13.3 Å². The van der Waals surface area contributed by atoms with Crippen LogP contribution >= 0.6 is 0 Å². The van der Waals surface area contributed by atoms with Crippen LogP contribution in [0.25, 0.3) is 0 Å². The van der Waals surface area contributed by atoms with E-state index in [9.17, 15) is 15.0 Å². The molecule has 0 heterocycles. The van der Waals surface area contributed by atoms with Crippen LogP contribution in [0.4, 0.5) is 0 Å². The number of amides is 1. The maximum absolute atomic E-state index is 11.7. The van der Waals surface area contributed by atoms with Crippen molar-refractivity contribution in [3.8, 4) is 0 Å². The number of hydrogen-bond donors (Lipinski definition) is 4. The summed E-state index contributed by atoms with van der Waals surface area (Å²) in [5.74, 6) is -0.335. The Hall–Kier alpha value is -0.810. The van der Waals surface area contributed by atoms with Gasteiger partial charge in [-0.2, -0.15) is 0 Å². The van der Waals surface area contributed by atoms with Crippen molar-refractivity contribution >= 4 is 5.91 Å². The first-order chi connectivity index (χ1) is 12.5. The molecule has 0 aromatic heterocycles. The summed E-state index contributed by atoms with van der Waals surface area (Å²) in [5, 5.41) is 22.7. The summed E-state index contributed by atoms with van der Waals surface area (Å²) in [5.41, 5.74) is 5.29. The van der Waals surface area contributed by atoms with Crippen LogP contribution in [-0.2, 0) is 23.7 Å². The average Bonchev–Trinajstić information content (AvgIpc) is 2.64. The number of nitrogens with two attached hydrogens (primary N) is 1. The molecule has 0 radical (unpaired) electrons. The number of carbonyl (C=O) groups is 1. The van der Waals surface area contributed by atoms with Crippen molar-refractivity contribution in [2.24, 2.45) is 17.6 Å². The number of rotatable bonds is 13. The summed E-state index contributed by atoms with van der Waals surface area (Å²) in [6.45, 7) is 4.87. The molecule has 1 aliphatic carbocycles. The number of carbonyl (C=O) groups excluding carboxylic acids is 1. The minimum absolute atomic E-state index is 0.0167. The first-order valence-corrected chi connectivity index (χ1v) is 9.10. The molecule has 0 aromatic carbocycles. The van der Waals surface area contributed by atoms with Crippen LogP contribution in [0.2, 0.25) is 0 Å². The first kappa shape index (κ1) is 23.2. The van der Waals surface area contributed by atoms with Gasteiger partial charge >= 0.3 is 0 Å². The van der Waals surface area contributed by atoms with Crippen LogP contribution in [0.5, 0.6) is 0 Å². The molecular weight excluding hydrogens is 344 g/mol. The predicted octanol–water partition coefficient (Wildman–Crippen LogP) is -1.50. The molecule has 9 heteroatoms. The quantitative estimate of drug-likeness (QED) is 0.285. The Morgan fingerprint density at radius 1 is 1.12 bits per heavy atom. The lowest BCUT2D eigenvalue weighted by atomic mass is 9.76. The van der Waals surface area contributed by atoms with Gasteiger partial charge in [0.1, 0.15) is 12.7 Å². The third-order valence-electron chi connectivity index (χ3n) is 4.62. The lowest BCUT2D eigenvalue weighted by Crippen LogP contribution is -2.51. The molecule has 1 amide bonds. The summed E-state index contributed by atoms with van der Waals surface area (Å²) < 4.78 is 21.1. The molecule has 5 atom stereocenters. The topological polar surface area (TPSA) is 132 Å². The molecule has 26 heavy (non-hydrogen) atoms. The Bertz CT molecular complexity index is 384. The monoisotopic (exact) mass is 378 g/mol. The smallest absolute Gasteiger partial charge is 0.246 e. The highest BCUT2D eigenvalue weighted by atomic mass is 16.5. The van der Waals surface area contributed by atoms with E-state index in [1.165, 1.54) is 7.11 Å². The number of methoxy groups -OCH3 is 1. The fraction of sp³-hybridized carbons (Fsp3) is 0.941. The second-order valence-corrected chi connectivity index (χ2v) is 6.49. The van der Waals surface area contributed by atoms with Crippen LogP contribution < -0.4 is 11.1 Å². The maximum Gasteiger partial charge on any atom is 0.246 e. The second-order valence-electron chi connectivity index (χ2n) is 6.49. The van der Waals surface area contributed by atoms with Crippen molar-refractivity contribution in [3.63, 3.8) is 0 Å². The summed E-state index contributed by atoms with van der Waals surface area (Å²) in [4.78, 5) is 11.7. The molecule has 0 aliphatic heterocycles. The predicted molar refractivity (Wildman–Crippen MR) is 94.6 cm³/mol. The normalized spacial score (nSPS) is 28.9. The van der Waals surface area contributed by atoms with Gasteiger partial charge in [-0.25, -0.2) is 0 Å². The van der Waals surface area contributed by atoms with Gasteiger partial charge in [0.2, 0.25) is 5.91 Å². The van der Waals surface area contributed by atoms with Gasteiger partial charge in [0.05, 0.1) is 45.2 Å². The Morgan fingerprint density at radius 2 is 1.81 bits per heavy atom. The van der Waals surface area contributed by atoms with Crippen LogP contribution in [0.15, 0.2) is 0 Å². The molecule has 9 nitrogen and oxygen atoms in total. The third kappa shape index (κ3) is 8.26. The Balaban J connectivity index is 2.10. The van der Waals surface area contributed by atoms with Gasteiger partial charge in [0, 0.05) is 20.2 Å². The van der Waals surface area contributed by atoms with Crippen LogP contribution in [0.3, 0.4) is 0 Å². The van der Waals surface area contributed by atoms with Crippen molar-refractivity contribution in [2.45, 2.75) is 31.7 Å². The lowest BCUT2D eigenvalue weighted by Gasteiger charge is -2.40. The molecular formula is C17H34N2O7. The van der Waals surface area contributed by atoms with E-state index in [0.717, 1.165) is 0 Å². The average molecular weight is 378 g/mol. The zero-order valence-corrected chi connectivity index (χ0v) is 15.8. The van der Waals surface area contributed by atoms with E-state index in [1.54, 1.807) is 0 Å².